The van der Waals surface area contributed by atoms with Crippen molar-refractivity contribution in [2.45, 2.75) is 6.92 Å². The predicted molar refractivity (Wildman–Crippen MR) is 68.4 cm³/mol. The molecule has 0 bridgehead atoms. The average molecular weight is 276 g/mol. The van der Waals surface area contributed by atoms with Crippen molar-refractivity contribution in [3.05, 3.63) is 34.5 Å². The number of carbonyl (C=O) groups is 1. The maximum Gasteiger partial charge on any atom is 0.345 e. The molecule has 2 rings (SSSR count). The third-order valence-electron chi connectivity index (χ3n) is 2.39. The van der Waals surface area contributed by atoms with Gasteiger partial charge < -0.3 is 14.5 Å². The Hall–Kier alpha value is -2.77. The van der Waals surface area contributed by atoms with Gasteiger partial charge in [-0.1, -0.05) is 0 Å². The van der Waals surface area contributed by atoms with E-state index in [9.17, 15) is 9.59 Å². The number of rotatable bonds is 4. The van der Waals surface area contributed by atoms with Crippen molar-refractivity contribution in [3.63, 3.8) is 0 Å². The van der Waals surface area contributed by atoms with E-state index in [1.165, 1.54) is 19.5 Å². The van der Waals surface area contributed by atoms with Crippen LogP contribution in [0.5, 0.6) is 5.88 Å². The molecule has 0 radical (unpaired) electrons. The standard InChI is InChI=1S/C12H12N4O4/c1-3-20-12(18)7-5-13-10(16-11(7)17)8-4-9(19-2)15-6-14-8/h4-6H,3H2,1-2H3,(H,13,16,17). The summed E-state index contributed by atoms with van der Waals surface area (Å²) in [4.78, 5) is 37.6. The highest BCUT2D eigenvalue weighted by atomic mass is 16.5. The molecule has 2 aromatic heterocycles. The first-order valence-corrected chi connectivity index (χ1v) is 5.78. The topological polar surface area (TPSA) is 107 Å². The van der Waals surface area contributed by atoms with E-state index in [0.717, 1.165) is 6.20 Å². The Morgan fingerprint density at radius 2 is 2.15 bits per heavy atom. The van der Waals surface area contributed by atoms with Gasteiger partial charge in [-0.25, -0.2) is 19.7 Å². The summed E-state index contributed by atoms with van der Waals surface area (Å²) in [6.45, 7) is 1.84. The minimum absolute atomic E-state index is 0.156. The van der Waals surface area contributed by atoms with Crippen LogP contribution in [0.1, 0.15) is 17.3 Å². The fraction of sp³-hybridized carbons (Fsp3) is 0.250. The van der Waals surface area contributed by atoms with Gasteiger partial charge in [0.15, 0.2) is 5.82 Å². The van der Waals surface area contributed by atoms with Crippen molar-refractivity contribution in [3.8, 4) is 17.4 Å². The van der Waals surface area contributed by atoms with Crippen LogP contribution >= 0.6 is 0 Å². The summed E-state index contributed by atoms with van der Waals surface area (Å²) in [7, 11) is 1.46. The SMILES string of the molecule is CCOC(=O)c1cnc(-c2cc(OC)ncn2)[nH]c1=O. The lowest BCUT2D eigenvalue weighted by atomic mass is 10.3. The quantitative estimate of drug-likeness (QED) is 0.806. The Labute approximate surface area is 113 Å². The van der Waals surface area contributed by atoms with Gasteiger partial charge in [0.1, 0.15) is 17.6 Å². The molecule has 8 nitrogen and oxygen atoms in total. The number of aromatic amines is 1. The molecule has 2 heterocycles. The fourth-order valence-electron chi connectivity index (χ4n) is 1.46. The van der Waals surface area contributed by atoms with Gasteiger partial charge in [-0.15, -0.1) is 0 Å². The van der Waals surface area contributed by atoms with Crippen LogP contribution in [0.4, 0.5) is 0 Å². The van der Waals surface area contributed by atoms with Gasteiger partial charge in [0.05, 0.1) is 13.7 Å². The van der Waals surface area contributed by atoms with Gasteiger partial charge in [-0.3, -0.25) is 4.79 Å². The van der Waals surface area contributed by atoms with E-state index in [1.807, 2.05) is 0 Å². The third kappa shape index (κ3) is 2.79. The Morgan fingerprint density at radius 3 is 2.80 bits per heavy atom. The van der Waals surface area contributed by atoms with Crippen LogP contribution in [-0.2, 0) is 4.74 Å². The molecule has 20 heavy (non-hydrogen) atoms. The predicted octanol–water partition coefficient (Wildman–Crippen LogP) is 0.412. The maximum atomic E-state index is 11.8. The summed E-state index contributed by atoms with van der Waals surface area (Å²) in [6.07, 6.45) is 2.44. The van der Waals surface area contributed by atoms with E-state index < -0.39 is 11.5 Å². The number of esters is 1. The lowest BCUT2D eigenvalue weighted by Gasteiger charge is -2.03. The lowest BCUT2D eigenvalue weighted by Crippen LogP contribution is -2.21. The monoisotopic (exact) mass is 276 g/mol. The molecule has 0 saturated carbocycles. The summed E-state index contributed by atoms with van der Waals surface area (Å²) in [6, 6.07) is 1.52. The number of carbonyl (C=O) groups excluding carboxylic acids is 1. The molecule has 0 unspecified atom stereocenters. The van der Waals surface area contributed by atoms with Crippen LogP contribution in [0, 0.1) is 0 Å². The number of hydrogen-bond acceptors (Lipinski definition) is 7. The van der Waals surface area contributed by atoms with Crippen LogP contribution in [0.3, 0.4) is 0 Å². The summed E-state index contributed by atoms with van der Waals surface area (Å²) in [5.41, 5.74) is -0.369. The average Bonchev–Trinajstić information content (AvgIpc) is 2.47. The van der Waals surface area contributed by atoms with E-state index in [-0.39, 0.29) is 18.0 Å². The molecule has 0 spiro atoms. The number of methoxy groups -OCH3 is 1. The fourth-order valence-corrected chi connectivity index (χ4v) is 1.46. The van der Waals surface area contributed by atoms with Gasteiger partial charge in [0, 0.05) is 12.3 Å². The van der Waals surface area contributed by atoms with Crippen molar-refractivity contribution in [2.75, 3.05) is 13.7 Å². The van der Waals surface area contributed by atoms with Crippen LogP contribution in [0.2, 0.25) is 0 Å². The number of hydrogen-bond donors (Lipinski definition) is 1. The second kappa shape index (κ2) is 5.91. The summed E-state index contributed by atoms with van der Waals surface area (Å²) >= 11 is 0. The van der Waals surface area contributed by atoms with Gasteiger partial charge >= 0.3 is 5.97 Å². The van der Waals surface area contributed by atoms with Crippen molar-refractivity contribution < 1.29 is 14.3 Å². The van der Waals surface area contributed by atoms with Crippen LogP contribution < -0.4 is 10.3 Å². The summed E-state index contributed by atoms with van der Waals surface area (Å²) < 4.78 is 9.70. The first-order chi connectivity index (χ1) is 9.65. The van der Waals surface area contributed by atoms with Crippen molar-refractivity contribution in [1.82, 2.24) is 19.9 Å². The first-order valence-electron chi connectivity index (χ1n) is 5.78. The molecule has 1 N–H and O–H groups in total. The minimum atomic E-state index is -0.715. The molecule has 0 aromatic carbocycles. The molecule has 0 fully saturated rings. The van der Waals surface area contributed by atoms with Crippen molar-refractivity contribution >= 4 is 5.97 Å². The van der Waals surface area contributed by atoms with Gasteiger partial charge in [-0.2, -0.15) is 0 Å². The van der Waals surface area contributed by atoms with E-state index in [0.29, 0.717) is 11.6 Å². The summed E-state index contributed by atoms with van der Waals surface area (Å²) in [5.74, 6) is -0.163. The molecule has 0 saturated heterocycles. The molecule has 0 atom stereocenters. The highest BCUT2D eigenvalue weighted by Crippen LogP contribution is 2.14. The zero-order valence-corrected chi connectivity index (χ0v) is 10.9. The van der Waals surface area contributed by atoms with Gasteiger partial charge in [0.25, 0.3) is 5.56 Å². The minimum Gasteiger partial charge on any atom is -0.481 e. The van der Waals surface area contributed by atoms with E-state index in [1.54, 1.807) is 6.92 Å². The zero-order valence-electron chi connectivity index (χ0n) is 10.9. The number of ether oxygens (including phenoxy) is 2. The first kappa shape index (κ1) is 13.7. The van der Waals surface area contributed by atoms with Gasteiger partial charge in [-0.05, 0) is 6.92 Å². The van der Waals surface area contributed by atoms with E-state index >= 15 is 0 Å². The Kier molecular flexibility index (Phi) is 4.04. The molecule has 0 aliphatic rings. The maximum absolute atomic E-state index is 11.8. The highest BCUT2D eigenvalue weighted by Gasteiger charge is 2.14. The third-order valence-corrected chi connectivity index (χ3v) is 2.39. The van der Waals surface area contributed by atoms with E-state index in [2.05, 4.69) is 19.9 Å². The second-order valence-electron chi connectivity index (χ2n) is 3.64. The normalized spacial score (nSPS) is 10.1. The van der Waals surface area contributed by atoms with Crippen molar-refractivity contribution in [2.24, 2.45) is 0 Å². The molecule has 2 aromatic rings. The molecular formula is C12H12N4O4. The van der Waals surface area contributed by atoms with Crippen LogP contribution in [0.15, 0.2) is 23.4 Å². The number of aromatic nitrogens is 4. The highest BCUT2D eigenvalue weighted by molar-refractivity contribution is 5.88. The largest absolute Gasteiger partial charge is 0.481 e. The van der Waals surface area contributed by atoms with E-state index in [4.69, 9.17) is 9.47 Å². The molecule has 0 amide bonds. The molecule has 104 valence electrons. The smallest absolute Gasteiger partial charge is 0.345 e. The second-order valence-corrected chi connectivity index (χ2v) is 3.64. The molecule has 8 heteroatoms. The Bertz CT molecular complexity index is 683. The Morgan fingerprint density at radius 1 is 1.35 bits per heavy atom. The Balaban J connectivity index is 2.38. The zero-order chi connectivity index (χ0) is 14.5. The number of nitrogens with zero attached hydrogens (tertiary/aromatic N) is 3. The molecular weight excluding hydrogens is 264 g/mol. The van der Waals surface area contributed by atoms with Crippen LogP contribution in [-0.4, -0.2) is 39.6 Å². The lowest BCUT2D eigenvalue weighted by molar-refractivity contribution is 0.0523. The van der Waals surface area contributed by atoms with Crippen molar-refractivity contribution in [1.29, 1.82) is 0 Å². The molecule has 0 aliphatic heterocycles. The molecule has 0 aliphatic carbocycles. The summed E-state index contributed by atoms with van der Waals surface area (Å²) in [5, 5.41) is 0. The van der Waals surface area contributed by atoms with Gasteiger partial charge in [0.2, 0.25) is 5.88 Å². The number of nitrogens with one attached hydrogen (secondary N) is 1. The number of H-pyrrole nitrogens is 1. The van der Waals surface area contributed by atoms with Crippen LogP contribution in [0.25, 0.3) is 11.5 Å².